The fraction of sp³-hybridized carbons (Fsp3) is 0.273. The van der Waals surface area contributed by atoms with Gasteiger partial charge in [0.1, 0.15) is 11.0 Å². The van der Waals surface area contributed by atoms with Crippen molar-refractivity contribution >= 4 is 28.9 Å². The minimum absolute atomic E-state index is 0.224. The molecule has 0 saturated carbocycles. The number of cyclic esters (lactones) is 1. The fourth-order valence-corrected chi connectivity index (χ4v) is 1.82. The minimum Gasteiger partial charge on any atom is -0.464 e. The molecule has 0 bridgehead atoms. The quantitative estimate of drug-likeness (QED) is 0.606. The lowest BCUT2D eigenvalue weighted by Crippen LogP contribution is -2.26. The number of hydrogen-bond donors (Lipinski definition) is 2. The number of carbonyl (C=O) groups is 1. The maximum atomic E-state index is 11.3. The van der Waals surface area contributed by atoms with E-state index < -0.39 is 0 Å². The van der Waals surface area contributed by atoms with Crippen LogP contribution in [0.3, 0.4) is 0 Å². The molecule has 0 spiro atoms. The van der Waals surface area contributed by atoms with Crippen LogP contribution in [0.1, 0.15) is 12.0 Å². The Hall–Kier alpha value is -1.62. The summed E-state index contributed by atoms with van der Waals surface area (Å²) in [6.45, 7) is 0.464. The zero-order valence-electron chi connectivity index (χ0n) is 8.60. The normalized spacial score (nSPS) is 19.2. The number of benzene rings is 1. The van der Waals surface area contributed by atoms with Gasteiger partial charge in [0, 0.05) is 17.7 Å². The van der Waals surface area contributed by atoms with Gasteiger partial charge >= 0.3 is 5.97 Å². The summed E-state index contributed by atoms with van der Waals surface area (Å²) in [5.74, 6) is -0.224. The standard InChI is InChI=1S/C11H12N2O2S/c12-10(16)7-3-1-2-4-8(7)13-9-5-6-15-11(9)14/h1-4,9,13H,5-6H2,(H2,12,16). The molecule has 1 saturated heterocycles. The summed E-state index contributed by atoms with van der Waals surface area (Å²) in [7, 11) is 0. The fourth-order valence-electron chi connectivity index (χ4n) is 1.64. The molecule has 0 amide bonds. The van der Waals surface area contributed by atoms with Gasteiger partial charge in [-0.15, -0.1) is 0 Å². The van der Waals surface area contributed by atoms with Crippen molar-refractivity contribution in [1.82, 2.24) is 0 Å². The summed E-state index contributed by atoms with van der Waals surface area (Å²) in [5.41, 5.74) is 7.12. The molecule has 1 fully saturated rings. The molecular formula is C11H12N2O2S. The molecule has 3 N–H and O–H groups in total. The number of para-hydroxylation sites is 1. The third-order valence-electron chi connectivity index (χ3n) is 2.46. The van der Waals surface area contributed by atoms with Crippen molar-refractivity contribution in [1.29, 1.82) is 0 Å². The van der Waals surface area contributed by atoms with Gasteiger partial charge in [-0.3, -0.25) is 0 Å². The third-order valence-corrected chi connectivity index (χ3v) is 2.68. The van der Waals surface area contributed by atoms with E-state index in [1.165, 1.54) is 0 Å². The zero-order valence-corrected chi connectivity index (χ0v) is 9.42. The summed E-state index contributed by atoms with van der Waals surface area (Å²) in [5, 5.41) is 3.10. The summed E-state index contributed by atoms with van der Waals surface area (Å²) in [6.07, 6.45) is 0.671. The number of hydrogen-bond acceptors (Lipinski definition) is 4. The molecule has 1 aromatic rings. The van der Waals surface area contributed by atoms with Crippen molar-refractivity contribution in [3.63, 3.8) is 0 Å². The van der Waals surface area contributed by atoms with Crippen molar-refractivity contribution < 1.29 is 9.53 Å². The second kappa shape index (κ2) is 4.49. The Balaban J connectivity index is 2.20. The first kappa shape index (κ1) is 10.9. The van der Waals surface area contributed by atoms with Crippen molar-refractivity contribution in [3.05, 3.63) is 29.8 Å². The molecule has 1 atom stereocenters. The van der Waals surface area contributed by atoms with Crippen molar-refractivity contribution in [2.45, 2.75) is 12.5 Å². The predicted octanol–water partition coefficient (Wildman–Crippen LogP) is 1.05. The lowest BCUT2D eigenvalue weighted by atomic mass is 10.1. The molecule has 2 rings (SSSR count). The Morgan fingerprint density at radius 1 is 1.50 bits per heavy atom. The van der Waals surface area contributed by atoms with Gasteiger partial charge in [-0.2, -0.15) is 0 Å². The van der Waals surface area contributed by atoms with Crippen LogP contribution in [0, 0.1) is 0 Å². The second-order valence-corrected chi connectivity index (χ2v) is 4.00. The van der Waals surface area contributed by atoms with E-state index in [4.69, 9.17) is 22.7 Å². The maximum absolute atomic E-state index is 11.3. The summed E-state index contributed by atoms with van der Waals surface area (Å²) >= 11 is 4.94. The molecule has 1 aromatic carbocycles. The Morgan fingerprint density at radius 2 is 2.25 bits per heavy atom. The van der Waals surface area contributed by atoms with Gasteiger partial charge in [-0.05, 0) is 12.1 Å². The van der Waals surface area contributed by atoms with Crippen LogP contribution in [-0.4, -0.2) is 23.6 Å². The molecule has 1 heterocycles. The first-order chi connectivity index (χ1) is 7.68. The number of carbonyl (C=O) groups excluding carboxylic acids is 1. The van der Waals surface area contributed by atoms with Crippen LogP contribution in [0.15, 0.2) is 24.3 Å². The SMILES string of the molecule is NC(=S)c1ccccc1NC1CCOC1=O. The number of anilines is 1. The second-order valence-electron chi connectivity index (χ2n) is 3.56. The smallest absolute Gasteiger partial charge is 0.328 e. The van der Waals surface area contributed by atoms with Gasteiger partial charge in [0.25, 0.3) is 0 Å². The molecule has 1 aliphatic heterocycles. The zero-order chi connectivity index (χ0) is 11.5. The molecule has 4 nitrogen and oxygen atoms in total. The van der Waals surface area contributed by atoms with E-state index in [0.29, 0.717) is 18.0 Å². The molecular weight excluding hydrogens is 224 g/mol. The highest BCUT2D eigenvalue weighted by molar-refractivity contribution is 7.80. The molecule has 84 valence electrons. The highest BCUT2D eigenvalue weighted by Gasteiger charge is 2.26. The highest BCUT2D eigenvalue weighted by Crippen LogP contribution is 2.19. The highest BCUT2D eigenvalue weighted by atomic mass is 32.1. The number of rotatable bonds is 3. The topological polar surface area (TPSA) is 64.3 Å². The Labute approximate surface area is 98.8 Å². The predicted molar refractivity (Wildman–Crippen MR) is 65.3 cm³/mol. The summed E-state index contributed by atoms with van der Waals surface area (Å²) in [4.78, 5) is 11.6. The van der Waals surface area contributed by atoms with Crippen LogP contribution in [0.5, 0.6) is 0 Å². The molecule has 0 aliphatic carbocycles. The summed E-state index contributed by atoms with van der Waals surface area (Å²) < 4.78 is 4.87. The first-order valence-corrected chi connectivity index (χ1v) is 5.41. The Morgan fingerprint density at radius 3 is 2.88 bits per heavy atom. The van der Waals surface area contributed by atoms with Crippen LogP contribution >= 0.6 is 12.2 Å². The van der Waals surface area contributed by atoms with E-state index >= 15 is 0 Å². The van der Waals surface area contributed by atoms with Gasteiger partial charge in [-0.25, -0.2) is 4.79 Å². The summed E-state index contributed by atoms with van der Waals surface area (Å²) in [6, 6.07) is 7.10. The van der Waals surface area contributed by atoms with E-state index in [9.17, 15) is 4.79 Å². The van der Waals surface area contributed by atoms with Crippen LogP contribution in [-0.2, 0) is 9.53 Å². The molecule has 5 heteroatoms. The van der Waals surface area contributed by atoms with Crippen LogP contribution in [0.2, 0.25) is 0 Å². The van der Waals surface area contributed by atoms with E-state index in [1.807, 2.05) is 24.3 Å². The maximum Gasteiger partial charge on any atom is 0.328 e. The lowest BCUT2D eigenvalue weighted by Gasteiger charge is -2.13. The van der Waals surface area contributed by atoms with Gasteiger partial charge < -0.3 is 15.8 Å². The molecule has 16 heavy (non-hydrogen) atoms. The monoisotopic (exact) mass is 236 g/mol. The third kappa shape index (κ3) is 2.14. The molecule has 0 radical (unpaired) electrons. The van der Waals surface area contributed by atoms with Crippen molar-refractivity contribution in [2.24, 2.45) is 5.73 Å². The van der Waals surface area contributed by atoms with Crippen molar-refractivity contribution in [3.8, 4) is 0 Å². The minimum atomic E-state index is -0.296. The van der Waals surface area contributed by atoms with E-state index in [-0.39, 0.29) is 12.0 Å². The van der Waals surface area contributed by atoms with Crippen LogP contribution in [0.25, 0.3) is 0 Å². The molecule has 1 unspecified atom stereocenters. The van der Waals surface area contributed by atoms with Gasteiger partial charge in [0.05, 0.1) is 6.61 Å². The first-order valence-electron chi connectivity index (χ1n) is 5.00. The largest absolute Gasteiger partial charge is 0.464 e. The van der Waals surface area contributed by atoms with Gasteiger partial charge in [0.2, 0.25) is 0 Å². The Bertz CT molecular complexity index is 434. The average Bonchev–Trinajstić information content (AvgIpc) is 2.65. The van der Waals surface area contributed by atoms with E-state index in [2.05, 4.69) is 5.32 Å². The number of ether oxygens (including phenoxy) is 1. The van der Waals surface area contributed by atoms with E-state index in [0.717, 1.165) is 11.3 Å². The molecule has 1 aliphatic rings. The number of nitrogens with one attached hydrogen (secondary N) is 1. The lowest BCUT2D eigenvalue weighted by molar-refractivity contribution is -0.138. The van der Waals surface area contributed by atoms with E-state index in [1.54, 1.807) is 0 Å². The number of thiocarbonyl (C=S) groups is 1. The van der Waals surface area contributed by atoms with Crippen LogP contribution in [0.4, 0.5) is 5.69 Å². The molecule has 0 aromatic heterocycles. The van der Waals surface area contributed by atoms with Crippen molar-refractivity contribution in [2.75, 3.05) is 11.9 Å². The number of esters is 1. The van der Waals surface area contributed by atoms with Gasteiger partial charge in [0.15, 0.2) is 0 Å². The number of nitrogens with two attached hydrogens (primary N) is 1. The Kier molecular flexibility index (Phi) is 3.05. The van der Waals surface area contributed by atoms with Gasteiger partial charge in [-0.1, -0.05) is 24.4 Å². The average molecular weight is 236 g/mol. The van der Waals surface area contributed by atoms with Crippen LogP contribution < -0.4 is 11.1 Å².